The first kappa shape index (κ1) is 23.7. The number of hydrogen-bond donors (Lipinski definition) is 2. The molecule has 1 heterocycles. The van der Waals surface area contributed by atoms with Crippen molar-refractivity contribution in [1.29, 1.82) is 0 Å². The number of alkyl halides is 2. The summed E-state index contributed by atoms with van der Waals surface area (Å²) in [6, 6.07) is 16.5. The van der Waals surface area contributed by atoms with Crippen molar-refractivity contribution in [2.75, 3.05) is 53.1 Å². The SMILES string of the molecule is CC1NCCN1c1ccc(NC(=O)CCCc2ccc(N(CCCl)CCCl)cc2)cc1. The lowest BCUT2D eigenvalue weighted by atomic mass is 10.1. The van der Waals surface area contributed by atoms with Gasteiger partial charge in [-0.05, 0) is 61.7 Å². The molecular formula is C24H32Cl2N4O. The van der Waals surface area contributed by atoms with Gasteiger partial charge in [0, 0.05) is 61.4 Å². The lowest BCUT2D eigenvalue weighted by molar-refractivity contribution is -0.116. The van der Waals surface area contributed by atoms with Gasteiger partial charge in [-0.25, -0.2) is 0 Å². The molecule has 1 fully saturated rings. The molecule has 1 aliphatic rings. The summed E-state index contributed by atoms with van der Waals surface area (Å²) in [4.78, 5) is 16.8. The number of benzene rings is 2. The van der Waals surface area contributed by atoms with E-state index >= 15 is 0 Å². The Labute approximate surface area is 195 Å². The van der Waals surface area contributed by atoms with Gasteiger partial charge in [-0.1, -0.05) is 12.1 Å². The van der Waals surface area contributed by atoms with Crippen LogP contribution in [0.3, 0.4) is 0 Å². The minimum absolute atomic E-state index is 0.0518. The van der Waals surface area contributed by atoms with E-state index in [0.29, 0.717) is 24.3 Å². The number of nitrogens with one attached hydrogen (secondary N) is 2. The predicted molar refractivity (Wildman–Crippen MR) is 133 cm³/mol. The highest BCUT2D eigenvalue weighted by Gasteiger charge is 2.19. The van der Waals surface area contributed by atoms with Gasteiger partial charge in [-0.15, -0.1) is 23.2 Å². The Morgan fingerprint density at radius 2 is 1.77 bits per heavy atom. The molecule has 1 amide bonds. The maximum Gasteiger partial charge on any atom is 0.224 e. The van der Waals surface area contributed by atoms with Crippen molar-refractivity contribution < 1.29 is 4.79 Å². The molecule has 0 radical (unpaired) electrons. The molecule has 0 saturated carbocycles. The minimum Gasteiger partial charge on any atom is -0.369 e. The molecule has 7 heteroatoms. The fourth-order valence-corrected chi connectivity index (χ4v) is 4.32. The zero-order chi connectivity index (χ0) is 22.1. The lowest BCUT2D eigenvalue weighted by Gasteiger charge is -2.23. The van der Waals surface area contributed by atoms with Crippen molar-refractivity contribution in [3.63, 3.8) is 0 Å². The number of nitrogens with zero attached hydrogens (tertiary/aromatic N) is 2. The van der Waals surface area contributed by atoms with Gasteiger partial charge in [0.1, 0.15) is 0 Å². The van der Waals surface area contributed by atoms with Gasteiger partial charge < -0.3 is 15.1 Å². The van der Waals surface area contributed by atoms with Crippen LogP contribution < -0.4 is 20.4 Å². The Morgan fingerprint density at radius 1 is 1.10 bits per heavy atom. The molecule has 0 aromatic heterocycles. The van der Waals surface area contributed by atoms with E-state index in [2.05, 4.69) is 63.8 Å². The summed E-state index contributed by atoms with van der Waals surface area (Å²) in [7, 11) is 0. The Bertz CT molecular complexity index is 807. The topological polar surface area (TPSA) is 47.6 Å². The molecule has 1 unspecified atom stereocenters. The largest absolute Gasteiger partial charge is 0.369 e. The smallest absolute Gasteiger partial charge is 0.224 e. The number of halogens is 2. The number of anilines is 3. The first-order chi connectivity index (χ1) is 15.1. The summed E-state index contributed by atoms with van der Waals surface area (Å²) in [5.74, 6) is 1.20. The maximum atomic E-state index is 12.3. The van der Waals surface area contributed by atoms with Gasteiger partial charge in [-0.3, -0.25) is 10.1 Å². The second kappa shape index (κ2) is 12.2. The summed E-state index contributed by atoms with van der Waals surface area (Å²) >= 11 is 11.8. The van der Waals surface area contributed by atoms with Gasteiger partial charge in [-0.2, -0.15) is 0 Å². The molecule has 0 aliphatic carbocycles. The highest BCUT2D eigenvalue weighted by molar-refractivity contribution is 6.18. The van der Waals surface area contributed by atoms with Gasteiger partial charge in [0.15, 0.2) is 0 Å². The van der Waals surface area contributed by atoms with E-state index in [9.17, 15) is 4.79 Å². The third-order valence-electron chi connectivity index (χ3n) is 5.62. The molecule has 168 valence electrons. The summed E-state index contributed by atoms with van der Waals surface area (Å²) in [5.41, 5.74) is 4.38. The molecular weight excluding hydrogens is 431 g/mol. The van der Waals surface area contributed by atoms with Crippen molar-refractivity contribution in [3.05, 3.63) is 54.1 Å². The molecule has 5 nitrogen and oxygen atoms in total. The van der Waals surface area contributed by atoms with Gasteiger partial charge in [0.2, 0.25) is 5.91 Å². The number of hydrogen-bond acceptors (Lipinski definition) is 4. The number of rotatable bonds is 11. The van der Waals surface area contributed by atoms with Crippen LogP contribution in [0.5, 0.6) is 0 Å². The van der Waals surface area contributed by atoms with Crippen molar-refractivity contribution in [3.8, 4) is 0 Å². The van der Waals surface area contributed by atoms with E-state index in [1.54, 1.807) is 0 Å². The molecule has 2 aromatic rings. The Kier molecular flexibility index (Phi) is 9.31. The van der Waals surface area contributed by atoms with Gasteiger partial charge in [0.05, 0.1) is 6.17 Å². The number of amides is 1. The fourth-order valence-electron chi connectivity index (χ4n) is 3.91. The number of carbonyl (C=O) groups excluding carboxylic acids is 1. The van der Waals surface area contributed by atoms with E-state index in [4.69, 9.17) is 23.2 Å². The van der Waals surface area contributed by atoms with Crippen LogP contribution >= 0.6 is 23.2 Å². The van der Waals surface area contributed by atoms with Crippen LogP contribution in [-0.2, 0) is 11.2 Å². The first-order valence-corrected chi connectivity index (χ1v) is 12.0. The predicted octanol–water partition coefficient (Wildman–Crippen LogP) is 4.69. The maximum absolute atomic E-state index is 12.3. The Balaban J connectivity index is 1.42. The molecule has 1 aliphatic heterocycles. The van der Waals surface area contributed by atoms with Crippen LogP contribution in [0.1, 0.15) is 25.3 Å². The van der Waals surface area contributed by atoms with Crippen LogP contribution in [0.15, 0.2) is 48.5 Å². The number of aryl methyl sites for hydroxylation is 1. The van der Waals surface area contributed by atoms with Crippen LogP contribution in [0.2, 0.25) is 0 Å². The minimum atomic E-state index is 0.0518. The molecule has 3 rings (SSSR count). The van der Waals surface area contributed by atoms with Crippen molar-refractivity contribution in [2.24, 2.45) is 0 Å². The summed E-state index contributed by atoms with van der Waals surface area (Å²) in [5, 5.41) is 6.42. The second-order valence-corrected chi connectivity index (χ2v) is 8.56. The molecule has 0 bridgehead atoms. The van der Waals surface area contributed by atoms with E-state index in [-0.39, 0.29) is 5.91 Å². The average molecular weight is 463 g/mol. The van der Waals surface area contributed by atoms with Crippen LogP contribution in [0.25, 0.3) is 0 Å². The van der Waals surface area contributed by atoms with Crippen LogP contribution in [0.4, 0.5) is 17.1 Å². The second-order valence-electron chi connectivity index (χ2n) is 7.80. The summed E-state index contributed by atoms with van der Waals surface area (Å²) in [6.07, 6.45) is 2.53. The summed E-state index contributed by atoms with van der Waals surface area (Å²) in [6.45, 7) is 5.73. The molecule has 2 N–H and O–H groups in total. The third kappa shape index (κ3) is 7.03. The standard InChI is InChI=1S/C24H32Cl2N4O/c1-19-27-15-18-30(19)23-11-7-21(8-12-23)28-24(31)4-2-3-20-5-9-22(10-6-20)29(16-13-25)17-14-26/h5-12,19,27H,2-4,13-18H2,1H3,(H,28,31). The van der Waals surface area contributed by atoms with Crippen molar-refractivity contribution >= 4 is 46.2 Å². The van der Waals surface area contributed by atoms with E-state index in [0.717, 1.165) is 50.4 Å². The molecule has 0 spiro atoms. The van der Waals surface area contributed by atoms with Crippen molar-refractivity contribution in [2.45, 2.75) is 32.4 Å². The molecule has 1 atom stereocenters. The zero-order valence-corrected chi connectivity index (χ0v) is 19.6. The summed E-state index contributed by atoms with van der Waals surface area (Å²) < 4.78 is 0. The molecule has 1 saturated heterocycles. The normalized spacial score (nSPS) is 15.8. The third-order valence-corrected chi connectivity index (χ3v) is 5.96. The molecule has 31 heavy (non-hydrogen) atoms. The van der Waals surface area contributed by atoms with Crippen LogP contribution in [-0.4, -0.2) is 50.0 Å². The lowest BCUT2D eigenvalue weighted by Crippen LogP contribution is -2.32. The number of carbonyl (C=O) groups is 1. The fraction of sp³-hybridized carbons (Fsp3) is 0.458. The van der Waals surface area contributed by atoms with Gasteiger partial charge >= 0.3 is 0 Å². The van der Waals surface area contributed by atoms with Gasteiger partial charge in [0.25, 0.3) is 0 Å². The van der Waals surface area contributed by atoms with E-state index < -0.39 is 0 Å². The Hall–Kier alpha value is -1.95. The highest BCUT2D eigenvalue weighted by atomic mass is 35.5. The Morgan fingerprint density at radius 3 is 2.35 bits per heavy atom. The van der Waals surface area contributed by atoms with E-state index in [1.807, 2.05) is 12.1 Å². The average Bonchev–Trinajstić information content (AvgIpc) is 3.20. The monoisotopic (exact) mass is 462 g/mol. The van der Waals surface area contributed by atoms with E-state index in [1.165, 1.54) is 11.3 Å². The first-order valence-electron chi connectivity index (χ1n) is 11.0. The van der Waals surface area contributed by atoms with Crippen molar-refractivity contribution in [1.82, 2.24) is 5.32 Å². The highest BCUT2D eigenvalue weighted by Crippen LogP contribution is 2.21. The molecule has 2 aromatic carbocycles. The zero-order valence-electron chi connectivity index (χ0n) is 18.1. The quantitative estimate of drug-likeness (QED) is 0.475. The van der Waals surface area contributed by atoms with Crippen LogP contribution in [0, 0.1) is 0 Å².